The number of urea groups is 1. The van der Waals surface area contributed by atoms with Crippen molar-refractivity contribution < 1.29 is 19.1 Å². The Hall–Kier alpha value is -2.48. The molecule has 142 valence electrons. The molecular formula is C19H21N3O4S. The number of aromatic nitrogens is 1. The number of carbonyl (C=O) groups excluding carboxylic acids is 3. The number of carbonyl (C=O) groups is 3. The Bertz CT molecular complexity index is 868. The van der Waals surface area contributed by atoms with Crippen LogP contribution in [0.3, 0.4) is 0 Å². The molecule has 8 heteroatoms. The molecule has 1 saturated carbocycles. The highest BCUT2D eigenvalue weighted by molar-refractivity contribution is 7.18. The van der Waals surface area contributed by atoms with Gasteiger partial charge in [0, 0.05) is 0 Å². The molecule has 1 saturated heterocycles. The van der Waals surface area contributed by atoms with Crippen molar-refractivity contribution in [2.24, 2.45) is 5.92 Å². The monoisotopic (exact) mass is 387 g/mol. The van der Waals surface area contributed by atoms with Gasteiger partial charge in [0.1, 0.15) is 23.7 Å². The van der Waals surface area contributed by atoms with Gasteiger partial charge in [-0.15, -0.1) is 11.3 Å². The summed E-state index contributed by atoms with van der Waals surface area (Å²) in [4.78, 5) is 42.6. The molecule has 1 spiro atoms. The van der Waals surface area contributed by atoms with Gasteiger partial charge in [0.2, 0.25) is 0 Å². The van der Waals surface area contributed by atoms with E-state index in [1.165, 1.54) is 11.3 Å². The zero-order chi connectivity index (χ0) is 19.0. The Labute approximate surface area is 160 Å². The normalized spacial score (nSPS) is 25.2. The lowest BCUT2D eigenvalue weighted by atomic mass is 9.77. The van der Waals surface area contributed by atoms with Crippen LogP contribution in [0.4, 0.5) is 4.79 Å². The largest absolute Gasteiger partial charge is 0.457 e. The molecule has 1 N–H and O–H groups in total. The second-order valence-electron chi connectivity index (χ2n) is 7.32. The minimum atomic E-state index is -0.836. The van der Waals surface area contributed by atoms with Crippen molar-refractivity contribution >= 4 is 39.5 Å². The molecule has 3 amide bonds. The number of nitrogens with zero attached hydrogens (tertiary/aromatic N) is 2. The average Bonchev–Trinajstić information content (AvgIpc) is 3.17. The number of thiazole rings is 1. The van der Waals surface area contributed by atoms with Gasteiger partial charge in [-0.1, -0.05) is 19.1 Å². The maximum atomic E-state index is 12.8. The molecule has 1 aromatic heterocycles. The zero-order valence-electron chi connectivity index (χ0n) is 15.1. The fourth-order valence-corrected chi connectivity index (χ4v) is 4.59. The van der Waals surface area contributed by atoms with Crippen LogP contribution in [-0.2, 0) is 20.9 Å². The number of fused-ring (bicyclic) bond motifs is 1. The summed E-state index contributed by atoms with van der Waals surface area (Å²) in [5, 5.41) is 3.49. The Balaban J connectivity index is 1.36. The van der Waals surface area contributed by atoms with Gasteiger partial charge in [-0.3, -0.25) is 14.5 Å². The first-order valence-corrected chi connectivity index (χ1v) is 9.93. The van der Waals surface area contributed by atoms with Gasteiger partial charge < -0.3 is 10.1 Å². The van der Waals surface area contributed by atoms with Crippen LogP contribution in [-0.4, -0.2) is 39.9 Å². The van der Waals surface area contributed by atoms with E-state index >= 15 is 0 Å². The molecule has 1 aliphatic carbocycles. The molecule has 0 unspecified atom stereocenters. The van der Waals surface area contributed by atoms with Crippen molar-refractivity contribution in [3.8, 4) is 0 Å². The SMILES string of the molecule is CC1CCC2(CC1)NC(=O)N(CC(=O)OCc1nc3ccccc3s1)C2=O. The summed E-state index contributed by atoms with van der Waals surface area (Å²) in [6.07, 6.45) is 3.02. The van der Waals surface area contributed by atoms with Crippen molar-refractivity contribution in [3.05, 3.63) is 29.3 Å². The van der Waals surface area contributed by atoms with Crippen molar-refractivity contribution in [2.75, 3.05) is 6.54 Å². The van der Waals surface area contributed by atoms with E-state index < -0.39 is 17.5 Å². The second kappa shape index (κ2) is 6.92. The van der Waals surface area contributed by atoms with Gasteiger partial charge in [-0.25, -0.2) is 9.78 Å². The minimum absolute atomic E-state index is 0.0322. The molecule has 2 heterocycles. The summed E-state index contributed by atoms with van der Waals surface area (Å²) in [7, 11) is 0. The van der Waals surface area contributed by atoms with E-state index in [2.05, 4.69) is 17.2 Å². The number of benzene rings is 1. The minimum Gasteiger partial charge on any atom is -0.457 e. The number of nitrogens with one attached hydrogen (secondary N) is 1. The number of hydrogen-bond donors (Lipinski definition) is 1. The second-order valence-corrected chi connectivity index (χ2v) is 8.44. The number of para-hydroxylation sites is 1. The van der Waals surface area contributed by atoms with Crippen LogP contribution in [0.1, 0.15) is 37.6 Å². The first-order valence-electron chi connectivity index (χ1n) is 9.11. The summed E-state index contributed by atoms with van der Waals surface area (Å²) in [6, 6.07) is 7.17. The summed E-state index contributed by atoms with van der Waals surface area (Å²) in [6.45, 7) is 1.81. The first-order chi connectivity index (χ1) is 13.0. The molecule has 2 fully saturated rings. The smallest absolute Gasteiger partial charge is 0.326 e. The van der Waals surface area contributed by atoms with Crippen LogP contribution in [0.2, 0.25) is 0 Å². The van der Waals surface area contributed by atoms with Gasteiger partial charge in [-0.05, 0) is 43.7 Å². The molecular weight excluding hydrogens is 366 g/mol. The summed E-state index contributed by atoms with van der Waals surface area (Å²) in [5.74, 6) is -0.372. The maximum Gasteiger partial charge on any atom is 0.326 e. The van der Waals surface area contributed by atoms with Crippen molar-refractivity contribution in [1.82, 2.24) is 15.2 Å². The van der Waals surface area contributed by atoms with E-state index in [9.17, 15) is 14.4 Å². The number of rotatable bonds is 4. The third-order valence-electron chi connectivity index (χ3n) is 5.36. The van der Waals surface area contributed by atoms with Gasteiger partial charge in [0.15, 0.2) is 0 Å². The number of esters is 1. The van der Waals surface area contributed by atoms with Crippen LogP contribution in [0, 0.1) is 5.92 Å². The average molecular weight is 387 g/mol. The highest BCUT2D eigenvalue weighted by atomic mass is 32.1. The molecule has 7 nitrogen and oxygen atoms in total. The number of amides is 3. The number of imide groups is 1. The highest BCUT2D eigenvalue weighted by Crippen LogP contribution is 2.36. The summed E-state index contributed by atoms with van der Waals surface area (Å²) < 4.78 is 6.26. The standard InChI is InChI=1S/C19H21N3O4S/c1-12-6-8-19(9-7-12)17(24)22(18(25)21-19)10-16(23)26-11-15-20-13-4-2-3-5-14(13)27-15/h2-5,12H,6-11H2,1H3,(H,21,25). The molecule has 0 radical (unpaired) electrons. The Morgan fingerprint density at radius 1 is 1.33 bits per heavy atom. The molecule has 27 heavy (non-hydrogen) atoms. The van der Waals surface area contributed by atoms with Gasteiger partial charge in [0.25, 0.3) is 5.91 Å². The fraction of sp³-hybridized carbons (Fsp3) is 0.474. The van der Waals surface area contributed by atoms with E-state index in [0.29, 0.717) is 23.8 Å². The molecule has 2 aliphatic rings. The quantitative estimate of drug-likeness (QED) is 0.644. The van der Waals surface area contributed by atoms with Crippen LogP contribution in [0.15, 0.2) is 24.3 Å². The predicted molar refractivity (Wildman–Crippen MR) is 100 cm³/mol. The number of ether oxygens (including phenoxy) is 1. The van der Waals surface area contributed by atoms with Crippen LogP contribution in [0.5, 0.6) is 0 Å². The van der Waals surface area contributed by atoms with Gasteiger partial charge in [0.05, 0.1) is 10.2 Å². The first kappa shape index (κ1) is 17.9. The van der Waals surface area contributed by atoms with E-state index in [1.807, 2.05) is 24.3 Å². The maximum absolute atomic E-state index is 12.8. The van der Waals surface area contributed by atoms with E-state index in [1.54, 1.807) is 0 Å². The lowest BCUT2D eigenvalue weighted by Crippen LogP contribution is -2.49. The Morgan fingerprint density at radius 2 is 2.07 bits per heavy atom. The summed E-state index contributed by atoms with van der Waals surface area (Å²) >= 11 is 1.45. The molecule has 2 aromatic rings. The van der Waals surface area contributed by atoms with Crippen molar-refractivity contribution in [2.45, 2.75) is 44.8 Å². The molecule has 1 aliphatic heterocycles. The van der Waals surface area contributed by atoms with E-state index in [4.69, 9.17) is 4.74 Å². The highest BCUT2D eigenvalue weighted by Gasteiger charge is 2.52. The predicted octanol–water partition coefficient (Wildman–Crippen LogP) is 2.84. The van der Waals surface area contributed by atoms with Crippen LogP contribution < -0.4 is 5.32 Å². The zero-order valence-corrected chi connectivity index (χ0v) is 15.9. The van der Waals surface area contributed by atoms with E-state index in [0.717, 1.165) is 28.0 Å². The molecule has 0 atom stereocenters. The van der Waals surface area contributed by atoms with Crippen LogP contribution >= 0.6 is 11.3 Å². The Morgan fingerprint density at radius 3 is 2.81 bits per heavy atom. The van der Waals surface area contributed by atoms with Crippen molar-refractivity contribution in [3.63, 3.8) is 0 Å². The van der Waals surface area contributed by atoms with Crippen molar-refractivity contribution in [1.29, 1.82) is 0 Å². The van der Waals surface area contributed by atoms with Gasteiger partial charge in [-0.2, -0.15) is 0 Å². The number of hydrogen-bond acceptors (Lipinski definition) is 6. The third kappa shape index (κ3) is 3.41. The molecule has 1 aromatic carbocycles. The lowest BCUT2D eigenvalue weighted by Gasteiger charge is -2.33. The molecule has 0 bridgehead atoms. The van der Waals surface area contributed by atoms with E-state index in [-0.39, 0.29) is 19.1 Å². The fourth-order valence-electron chi connectivity index (χ4n) is 3.71. The lowest BCUT2D eigenvalue weighted by molar-refractivity contribution is -0.149. The third-order valence-corrected chi connectivity index (χ3v) is 6.37. The Kier molecular flexibility index (Phi) is 4.59. The van der Waals surface area contributed by atoms with Gasteiger partial charge >= 0.3 is 12.0 Å². The molecule has 4 rings (SSSR count). The topological polar surface area (TPSA) is 88.6 Å². The summed E-state index contributed by atoms with van der Waals surface area (Å²) in [5.41, 5.74) is 0.0211. The van der Waals surface area contributed by atoms with Crippen LogP contribution in [0.25, 0.3) is 10.2 Å².